The lowest BCUT2D eigenvalue weighted by Crippen LogP contribution is -2.33. The van der Waals surface area contributed by atoms with E-state index < -0.39 is 5.91 Å². The van der Waals surface area contributed by atoms with Gasteiger partial charge in [0.1, 0.15) is 5.75 Å². The van der Waals surface area contributed by atoms with Crippen LogP contribution >= 0.6 is 11.3 Å². The lowest BCUT2D eigenvalue weighted by molar-refractivity contribution is 0.0276. The zero-order chi connectivity index (χ0) is 18.6. The minimum absolute atomic E-state index is 0.0401. The maximum atomic E-state index is 12.5. The van der Waals surface area contributed by atoms with Crippen LogP contribution in [0, 0.1) is 0 Å². The average Bonchev–Trinajstić information content (AvgIpc) is 3.40. The number of nitrogens with zero attached hydrogens (tertiary/aromatic N) is 2. The highest BCUT2D eigenvalue weighted by Gasteiger charge is 2.20. The number of hydrogen-bond acceptors (Lipinski definition) is 8. The molecule has 1 aliphatic rings. The standard InChI is InChI=1S/C18H18N4O4S/c1-24-13-9-11(14-10-19-6-7-25-14)4-5-12(13)20-16(23)18-22-21-17(26-18)15-3-2-8-27-15/h2-5,8-9,14,19H,6-7,10H2,1H3,(H,20,23). The number of methoxy groups -OCH3 is 1. The van der Waals surface area contributed by atoms with E-state index >= 15 is 0 Å². The van der Waals surface area contributed by atoms with Gasteiger partial charge in [-0.15, -0.1) is 21.5 Å². The third-order valence-corrected chi connectivity index (χ3v) is 4.98. The molecule has 1 saturated heterocycles. The first-order chi connectivity index (χ1) is 13.2. The number of aromatic nitrogens is 2. The van der Waals surface area contributed by atoms with Gasteiger partial charge in [-0.2, -0.15) is 0 Å². The highest BCUT2D eigenvalue weighted by molar-refractivity contribution is 7.13. The van der Waals surface area contributed by atoms with Crippen LogP contribution in [0.2, 0.25) is 0 Å². The molecule has 0 saturated carbocycles. The van der Waals surface area contributed by atoms with Crippen molar-refractivity contribution in [2.24, 2.45) is 0 Å². The first-order valence-electron chi connectivity index (χ1n) is 8.43. The van der Waals surface area contributed by atoms with Crippen LogP contribution in [0.25, 0.3) is 10.8 Å². The van der Waals surface area contributed by atoms with Gasteiger partial charge in [0.15, 0.2) is 0 Å². The fraction of sp³-hybridized carbons (Fsp3) is 0.278. The van der Waals surface area contributed by atoms with E-state index in [1.54, 1.807) is 13.2 Å². The van der Waals surface area contributed by atoms with Gasteiger partial charge >= 0.3 is 11.8 Å². The van der Waals surface area contributed by atoms with Crippen molar-refractivity contribution >= 4 is 22.9 Å². The summed E-state index contributed by atoms with van der Waals surface area (Å²) in [5, 5.41) is 15.7. The van der Waals surface area contributed by atoms with E-state index in [1.165, 1.54) is 11.3 Å². The molecule has 1 unspecified atom stereocenters. The van der Waals surface area contributed by atoms with Crippen LogP contribution < -0.4 is 15.4 Å². The molecule has 2 N–H and O–H groups in total. The lowest BCUT2D eigenvalue weighted by atomic mass is 10.1. The highest BCUT2D eigenvalue weighted by atomic mass is 32.1. The van der Waals surface area contributed by atoms with Gasteiger partial charge in [0.05, 0.1) is 30.4 Å². The average molecular weight is 386 g/mol. The smallest absolute Gasteiger partial charge is 0.313 e. The van der Waals surface area contributed by atoms with E-state index in [-0.39, 0.29) is 12.0 Å². The Kier molecular flexibility index (Phi) is 5.14. The van der Waals surface area contributed by atoms with Gasteiger partial charge in [0.2, 0.25) is 0 Å². The minimum atomic E-state index is -0.494. The van der Waals surface area contributed by atoms with Gasteiger partial charge in [-0.1, -0.05) is 12.1 Å². The summed E-state index contributed by atoms with van der Waals surface area (Å²) >= 11 is 1.46. The number of morpholine rings is 1. The Hall–Kier alpha value is -2.75. The molecule has 8 nitrogen and oxygen atoms in total. The van der Waals surface area contributed by atoms with E-state index in [1.807, 2.05) is 29.6 Å². The van der Waals surface area contributed by atoms with Crippen LogP contribution in [-0.2, 0) is 4.74 Å². The number of carbonyl (C=O) groups is 1. The molecule has 0 bridgehead atoms. The molecule has 0 aliphatic carbocycles. The fourth-order valence-corrected chi connectivity index (χ4v) is 3.43. The van der Waals surface area contributed by atoms with Crippen molar-refractivity contribution in [2.75, 3.05) is 32.1 Å². The molecule has 27 heavy (non-hydrogen) atoms. The Morgan fingerprint density at radius 1 is 1.37 bits per heavy atom. The Morgan fingerprint density at radius 2 is 2.30 bits per heavy atom. The molecule has 2 aromatic heterocycles. The Morgan fingerprint density at radius 3 is 3.04 bits per heavy atom. The third-order valence-electron chi connectivity index (χ3n) is 4.12. The van der Waals surface area contributed by atoms with Gasteiger partial charge < -0.3 is 24.5 Å². The summed E-state index contributed by atoms with van der Waals surface area (Å²) in [6, 6.07) is 9.27. The number of ether oxygens (including phenoxy) is 2. The van der Waals surface area contributed by atoms with Crippen molar-refractivity contribution in [1.82, 2.24) is 15.5 Å². The molecular formula is C18H18N4O4S. The van der Waals surface area contributed by atoms with Crippen LogP contribution in [0.5, 0.6) is 5.75 Å². The van der Waals surface area contributed by atoms with Gasteiger partial charge in [-0.05, 0) is 29.1 Å². The Labute approximate surface area is 159 Å². The second-order valence-corrected chi connectivity index (χ2v) is 6.81. The summed E-state index contributed by atoms with van der Waals surface area (Å²) in [5.41, 5.74) is 1.50. The number of amides is 1. The lowest BCUT2D eigenvalue weighted by Gasteiger charge is -2.24. The van der Waals surface area contributed by atoms with Gasteiger partial charge in [0, 0.05) is 13.1 Å². The number of nitrogens with one attached hydrogen (secondary N) is 2. The van der Waals surface area contributed by atoms with E-state index in [0.717, 1.165) is 23.5 Å². The van der Waals surface area contributed by atoms with Gasteiger partial charge in [-0.25, -0.2) is 0 Å². The maximum absolute atomic E-state index is 12.5. The summed E-state index contributed by atoms with van der Waals surface area (Å²) in [4.78, 5) is 13.3. The van der Waals surface area contributed by atoms with Crippen molar-refractivity contribution in [1.29, 1.82) is 0 Å². The van der Waals surface area contributed by atoms with Crippen molar-refractivity contribution in [2.45, 2.75) is 6.10 Å². The normalized spacial score (nSPS) is 16.9. The monoisotopic (exact) mass is 386 g/mol. The predicted octanol–water partition coefficient (Wildman–Crippen LogP) is 2.72. The molecule has 0 radical (unpaired) electrons. The molecule has 1 fully saturated rings. The first kappa shape index (κ1) is 17.7. The van der Waals surface area contributed by atoms with E-state index in [0.29, 0.717) is 23.9 Å². The summed E-state index contributed by atoms with van der Waals surface area (Å²) < 4.78 is 16.6. The summed E-state index contributed by atoms with van der Waals surface area (Å²) in [7, 11) is 1.55. The van der Waals surface area contributed by atoms with Crippen molar-refractivity contribution in [3.05, 3.63) is 47.2 Å². The summed E-state index contributed by atoms with van der Waals surface area (Å²) in [6.45, 7) is 2.25. The zero-order valence-corrected chi connectivity index (χ0v) is 15.4. The molecular weight excluding hydrogens is 368 g/mol. The van der Waals surface area contributed by atoms with E-state index in [4.69, 9.17) is 13.9 Å². The van der Waals surface area contributed by atoms with Crippen LogP contribution in [0.3, 0.4) is 0 Å². The topological polar surface area (TPSA) is 98.5 Å². The Bertz CT molecular complexity index is 919. The quantitative estimate of drug-likeness (QED) is 0.696. The second kappa shape index (κ2) is 7.87. The zero-order valence-electron chi connectivity index (χ0n) is 14.6. The van der Waals surface area contributed by atoms with Gasteiger partial charge in [-0.3, -0.25) is 4.79 Å². The van der Waals surface area contributed by atoms with E-state index in [9.17, 15) is 4.79 Å². The minimum Gasteiger partial charge on any atom is -0.495 e. The second-order valence-electron chi connectivity index (χ2n) is 5.87. The largest absolute Gasteiger partial charge is 0.495 e. The number of benzene rings is 1. The molecule has 9 heteroatoms. The van der Waals surface area contributed by atoms with E-state index in [2.05, 4.69) is 20.8 Å². The van der Waals surface area contributed by atoms with Crippen LogP contribution in [0.4, 0.5) is 5.69 Å². The summed E-state index contributed by atoms with van der Waals surface area (Å²) in [6.07, 6.45) is -0.0401. The molecule has 1 atom stereocenters. The van der Waals surface area contributed by atoms with Crippen LogP contribution in [-0.4, -0.2) is 42.9 Å². The molecule has 140 valence electrons. The summed E-state index contributed by atoms with van der Waals surface area (Å²) in [5.74, 6) is 0.253. The first-order valence-corrected chi connectivity index (χ1v) is 9.31. The number of carbonyl (C=O) groups excluding carboxylic acids is 1. The van der Waals surface area contributed by atoms with Crippen molar-refractivity contribution in [3.8, 4) is 16.5 Å². The van der Waals surface area contributed by atoms with Crippen LogP contribution in [0.1, 0.15) is 22.4 Å². The van der Waals surface area contributed by atoms with Crippen molar-refractivity contribution < 1.29 is 18.7 Å². The maximum Gasteiger partial charge on any atom is 0.313 e. The number of anilines is 1. The Balaban J connectivity index is 1.50. The number of rotatable bonds is 5. The SMILES string of the molecule is COc1cc(C2CNCCO2)ccc1NC(=O)c1nnc(-c2cccs2)o1. The van der Waals surface area contributed by atoms with Crippen LogP contribution in [0.15, 0.2) is 40.1 Å². The molecule has 0 spiro atoms. The number of hydrogen-bond donors (Lipinski definition) is 2. The predicted molar refractivity (Wildman–Crippen MR) is 100 cm³/mol. The molecule has 1 aromatic carbocycles. The van der Waals surface area contributed by atoms with Crippen molar-refractivity contribution in [3.63, 3.8) is 0 Å². The molecule has 3 heterocycles. The fourth-order valence-electron chi connectivity index (χ4n) is 2.78. The van der Waals surface area contributed by atoms with Gasteiger partial charge in [0.25, 0.3) is 5.89 Å². The highest BCUT2D eigenvalue weighted by Crippen LogP contribution is 2.30. The molecule has 1 amide bonds. The third kappa shape index (κ3) is 3.85. The number of thiophene rings is 1. The molecule has 1 aliphatic heterocycles. The molecule has 3 aromatic rings. The molecule has 4 rings (SSSR count).